The van der Waals surface area contributed by atoms with Crippen molar-refractivity contribution in [3.05, 3.63) is 18.2 Å². The first kappa shape index (κ1) is 30.8. The van der Waals surface area contributed by atoms with Gasteiger partial charge in [0, 0.05) is 24.9 Å². The molecule has 3 amide bonds. The number of aromatic nitrogens is 2. The van der Waals surface area contributed by atoms with Crippen LogP contribution in [0.5, 0.6) is 0 Å². The Balaban J connectivity index is 3.05. The van der Waals surface area contributed by atoms with Gasteiger partial charge in [0.2, 0.25) is 17.7 Å². The molecule has 0 fully saturated rings. The summed E-state index contributed by atoms with van der Waals surface area (Å²) in [6, 6.07) is -5.82. The van der Waals surface area contributed by atoms with Gasteiger partial charge in [0.05, 0.1) is 18.9 Å². The number of aliphatic hydroxyl groups excluding tert-OH is 1. The zero-order valence-electron chi connectivity index (χ0n) is 20.1. The highest BCUT2D eigenvalue weighted by molar-refractivity contribution is 5.95. The number of guanidine groups is 1. The Bertz CT molecular complexity index is 963. The first-order valence-electron chi connectivity index (χ1n) is 11.1. The first-order valence-corrected chi connectivity index (χ1v) is 11.1. The summed E-state index contributed by atoms with van der Waals surface area (Å²) in [4.78, 5) is 71.3. The van der Waals surface area contributed by atoms with Crippen LogP contribution in [-0.4, -0.2) is 97.7 Å². The summed E-state index contributed by atoms with van der Waals surface area (Å²) in [5.74, 6) is -5.88. The van der Waals surface area contributed by atoms with Gasteiger partial charge in [-0.2, -0.15) is 0 Å². The second-order valence-corrected chi connectivity index (χ2v) is 8.12. The van der Waals surface area contributed by atoms with Crippen molar-refractivity contribution in [3.63, 3.8) is 0 Å². The van der Waals surface area contributed by atoms with Crippen LogP contribution in [0.2, 0.25) is 0 Å². The highest BCUT2D eigenvalue weighted by Gasteiger charge is 2.32. The maximum Gasteiger partial charge on any atom is 0.326 e. The molecule has 0 radical (unpaired) electrons. The summed E-state index contributed by atoms with van der Waals surface area (Å²) in [6.45, 7) is 1.36. The molecule has 0 spiro atoms. The van der Waals surface area contributed by atoms with Gasteiger partial charge in [-0.25, -0.2) is 9.78 Å². The Morgan fingerprint density at radius 1 is 1.03 bits per heavy atom. The second-order valence-electron chi connectivity index (χ2n) is 8.12. The van der Waals surface area contributed by atoms with Crippen molar-refractivity contribution in [2.45, 2.75) is 62.9 Å². The number of carbonyl (C=O) groups is 5. The molecule has 5 atom stereocenters. The fraction of sp³-hybridized carbons (Fsp3) is 0.550. The van der Waals surface area contributed by atoms with Crippen LogP contribution in [0, 0.1) is 0 Å². The molecule has 0 saturated heterocycles. The number of aliphatic imine (C=N–C) groups is 1. The molecule has 0 aliphatic carbocycles. The van der Waals surface area contributed by atoms with E-state index in [0.717, 1.165) is 0 Å². The molecule has 1 rings (SSSR count). The number of nitrogens with zero attached hydrogens (tertiary/aromatic N) is 2. The molecule has 13 N–H and O–H groups in total. The number of aliphatic hydroxyl groups is 1. The van der Waals surface area contributed by atoms with Gasteiger partial charge in [-0.1, -0.05) is 0 Å². The van der Waals surface area contributed by atoms with Gasteiger partial charge in [0.25, 0.3) is 0 Å². The van der Waals surface area contributed by atoms with Gasteiger partial charge >= 0.3 is 11.9 Å². The zero-order valence-corrected chi connectivity index (χ0v) is 20.1. The Kier molecular flexibility index (Phi) is 12.5. The van der Waals surface area contributed by atoms with Crippen LogP contribution in [0.25, 0.3) is 0 Å². The predicted octanol–water partition coefficient (Wildman–Crippen LogP) is -4.27. The molecule has 0 aliphatic heterocycles. The number of carbonyl (C=O) groups excluding carboxylic acids is 3. The lowest BCUT2D eigenvalue weighted by Crippen LogP contribution is -2.58. The van der Waals surface area contributed by atoms with Gasteiger partial charge in [-0.05, 0) is 19.8 Å². The molecule has 0 aromatic carbocycles. The van der Waals surface area contributed by atoms with E-state index in [9.17, 15) is 34.2 Å². The molecular formula is C20H33N9O8. The third-order valence-electron chi connectivity index (χ3n) is 5.01. The molecule has 1 aromatic heterocycles. The van der Waals surface area contributed by atoms with Gasteiger partial charge in [-0.15, -0.1) is 0 Å². The molecule has 0 bridgehead atoms. The average Bonchev–Trinajstić information content (AvgIpc) is 3.31. The summed E-state index contributed by atoms with van der Waals surface area (Å²) in [7, 11) is 0. The van der Waals surface area contributed by atoms with E-state index in [1.165, 1.54) is 19.4 Å². The standard InChI is InChI=1S/C20H33N9O8/c1-9(30)15(21)18(35)29-13(6-14(31)32)17(34)28-12(5-10-7-24-8-26-10)16(33)27-11(19(36)37)3-2-4-25-20(22)23/h7-9,11-13,15,30H,2-6,21H2,1H3,(H,24,26)(H,27,33)(H,28,34)(H,29,35)(H,31,32)(H,36,37)(H4,22,23,25). The van der Waals surface area contributed by atoms with Gasteiger partial charge in [0.1, 0.15) is 24.2 Å². The molecule has 1 heterocycles. The Hall–Kier alpha value is -4.25. The minimum Gasteiger partial charge on any atom is -0.481 e. The van der Waals surface area contributed by atoms with E-state index < -0.39 is 66.4 Å². The van der Waals surface area contributed by atoms with Crippen molar-refractivity contribution in [1.29, 1.82) is 0 Å². The average molecular weight is 528 g/mol. The molecule has 37 heavy (non-hydrogen) atoms. The quantitative estimate of drug-likeness (QED) is 0.0555. The summed E-state index contributed by atoms with van der Waals surface area (Å²) in [5, 5.41) is 34.9. The third kappa shape index (κ3) is 11.4. The molecule has 1 aromatic rings. The molecule has 206 valence electrons. The maximum atomic E-state index is 13.0. The second kappa shape index (κ2) is 15.0. The van der Waals surface area contributed by atoms with Crippen LogP contribution in [0.4, 0.5) is 0 Å². The summed E-state index contributed by atoms with van der Waals surface area (Å²) in [6.07, 6.45) is 0.576. The van der Waals surface area contributed by atoms with Crippen molar-refractivity contribution < 1.29 is 39.3 Å². The number of carboxylic acids is 2. The topological polar surface area (TPSA) is 301 Å². The van der Waals surface area contributed by atoms with Gasteiger partial charge in [-0.3, -0.25) is 24.2 Å². The lowest BCUT2D eigenvalue weighted by atomic mass is 10.1. The van der Waals surface area contributed by atoms with Crippen molar-refractivity contribution >= 4 is 35.6 Å². The van der Waals surface area contributed by atoms with Crippen molar-refractivity contribution in [2.75, 3.05) is 6.54 Å². The van der Waals surface area contributed by atoms with Crippen LogP contribution in [0.15, 0.2) is 17.5 Å². The number of aromatic amines is 1. The van der Waals surface area contributed by atoms with Crippen LogP contribution in [0.1, 0.15) is 31.9 Å². The number of amides is 3. The third-order valence-corrected chi connectivity index (χ3v) is 5.01. The SMILES string of the molecule is CC(O)C(N)C(=O)NC(CC(=O)O)C(=O)NC(Cc1cnc[nH]1)C(=O)NC(CCCN=C(N)N)C(=O)O. The fourth-order valence-corrected chi connectivity index (χ4v) is 3.00. The Labute approximate surface area is 211 Å². The number of imidazole rings is 1. The maximum absolute atomic E-state index is 13.0. The van der Waals surface area contributed by atoms with Crippen LogP contribution >= 0.6 is 0 Å². The van der Waals surface area contributed by atoms with E-state index >= 15 is 0 Å². The number of aliphatic carboxylic acids is 2. The molecule has 0 saturated carbocycles. The number of nitrogens with two attached hydrogens (primary N) is 3. The number of H-pyrrole nitrogens is 1. The molecule has 17 heteroatoms. The zero-order chi connectivity index (χ0) is 28.1. The predicted molar refractivity (Wildman–Crippen MR) is 128 cm³/mol. The van der Waals surface area contributed by atoms with E-state index in [2.05, 4.69) is 30.9 Å². The number of carboxylic acid groups (broad SMARTS) is 2. The summed E-state index contributed by atoms with van der Waals surface area (Å²) < 4.78 is 0. The number of hydrogen-bond donors (Lipinski definition) is 10. The number of hydrogen-bond acceptors (Lipinski definition) is 9. The van der Waals surface area contributed by atoms with E-state index in [1.807, 2.05) is 0 Å². The Morgan fingerprint density at radius 2 is 1.62 bits per heavy atom. The highest BCUT2D eigenvalue weighted by atomic mass is 16.4. The smallest absolute Gasteiger partial charge is 0.326 e. The van der Waals surface area contributed by atoms with Crippen molar-refractivity contribution in [1.82, 2.24) is 25.9 Å². The molecule has 0 aliphatic rings. The Morgan fingerprint density at radius 3 is 2.14 bits per heavy atom. The number of rotatable bonds is 16. The fourth-order valence-electron chi connectivity index (χ4n) is 3.00. The van der Waals surface area contributed by atoms with E-state index in [4.69, 9.17) is 22.3 Å². The minimum atomic E-state index is -1.65. The molecule has 17 nitrogen and oxygen atoms in total. The van der Waals surface area contributed by atoms with E-state index in [-0.39, 0.29) is 31.8 Å². The first-order chi connectivity index (χ1) is 17.3. The van der Waals surface area contributed by atoms with E-state index in [1.54, 1.807) is 0 Å². The lowest BCUT2D eigenvalue weighted by molar-refractivity contribution is -0.143. The lowest BCUT2D eigenvalue weighted by Gasteiger charge is -2.25. The normalized spacial score (nSPS) is 14.8. The van der Waals surface area contributed by atoms with E-state index in [0.29, 0.717) is 5.69 Å². The van der Waals surface area contributed by atoms with Crippen molar-refractivity contribution in [2.24, 2.45) is 22.2 Å². The molecular weight excluding hydrogens is 494 g/mol. The van der Waals surface area contributed by atoms with Crippen molar-refractivity contribution in [3.8, 4) is 0 Å². The summed E-state index contributed by atoms with van der Waals surface area (Å²) >= 11 is 0. The minimum absolute atomic E-state index is 0.0303. The summed E-state index contributed by atoms with van der Waals surface area (Å²) in [5.41, 5.74) is 16.4. The van der Waals surface area contributed by atoms with Gasteiger partial charge in [0.15, 0.2) is 5.96 Å². The van der Waals surface area contributed by atoms with Crippen LogP contribution in [0.3, 0.4) is 0 Å². The molecule has 5 unspecified atom stereocenters. The van der Waals surface area contributed by atoms with Crippen LogP contribution in [-0.2, 0) is 30.4 Å². The highest BCUT2D eigenvalue weighted by Crippen LogP contribution is 2.05. The van der Waals surface area contributed by atoms with Crippen LogP contribution < -0.4 is 33.2 Å². The number of nitrogens with one attached hydrogen (secondary N) is 4. The largest absolute Gasteiger partial charge is 0.481 e. The monoisotopic (exact) mass is 527 g/mol. The van der Waals surface area contributed by atoms with Gasteiger partial charge < -0.3 is 53.5 Å².